The highest BCUT2D eigenvalue weighted by Gasteiger charge is 2.57. The Bertz CT molecular complexity index is 528. The van der Waals surface area contributed by atoms with E-state index in [9.17, 15) is 9.90 Å². The third kappa shape index (κ3) is 3.29. The molecule has 2 N–H and O–H groups in total. The first-order chi connectivity index (χ1) is 12.5. The normalized spacial score (nSPS) is 46.2. The van der Waals surface area contributed by atoms with Crippen LogP contribution in [0.4, 0.5) is 0 Å². The molecule has 0 spiro atoms. The highest BCUT2D eigenvalue weighted by Crippen LogP contribution is 2.51. The highest BCUT2D eigenvalue weighted by atomic mass is 35.5. The lowest BCUT2D eigenvalue weighted by atomic mass is 9.65. The van der Waals surface area contributed by atoms with Crippen LogP contribution in [0.1, 0.15) is 51.9 Å². The van der Waals surface area contributed by atoms with Crippen LogP contribution in [0.15, 0.2) is 0 Å². The van der Waals surface area contributed by atoms with E-state index in [1.807, 2.05) is 4.90 Å². The zero-order chi connectivity index (χ0) is 18.4. The Labute approximate surface area is 167 Å². The van der Waals surface area contributed by atoms with Gasteiger partial charge >= 0.3 is 0 Å². The van der Waals surface area contributed by atoms with Crippen molar-refractivity contribution in [1.82, 2.24) is 10.2 Å². The molecule has 148 valence electrons. The number of nitrogens with zero attached hydrogens (tertiary/aromatic N) is 1. The minimum Gasteiger partial charge on any atom is -0.387 e. The second-order valence-corrected chi connectivity index (χ2v) is 10.1. The fourth-order valence-corrected chi connectivity index (χ4v) is 7.41. The molecule has 0 aromatic heterocycles. The monoisotopic (exact) mass is 402 g/mol. The Morgan fingerprint density at radius 3 is 2.62 bits per heavy atom. The molecule has 4 nitrogen and oxygen atoms in total. The van der Waals surface area contributed by atoms with Crippen LogP contribution >= 0.6 is 23.2 Å². The minimum atomic E-state index is -0.392. The van der Waals surface area contributed by atoms with E-state index in [4.69, 9.17) is 23.2 Å². The van der Waals surface area contributed by atoms with Crippen LogP contribution in [-0.4, -0.2) is 57.9 Å². The number of aliphatic hydroxyl groups excluding tert-OH is 1. The second-order valence-electron chi connectivity index (χ2n) is 9.07. The van der Waals surface area contributed by atoms with Crippen molar-refractivity contribution in [3.8, 4) is 0 Å². The molecule has 8 atom stereocenters. The lowest BCUT2D eigenvalue weighted by molar-refractivity contribution is -0.140. The molecule has 0 aromatic carbocycles. The molecule has 2 saturated heterocycles. The SMILES string of the molecule is C[C@H]1C2C(CCN1C(=O)CO)NC1C(Cl)C(Cl)CC(CC3CCCC3)C12. The first-order valence-electron chi connectivity index (χ1n) is 10.5. The van der Waals surface area contributed by atoms with Crippen molar-refractivity contribution in [2.45, 2.75) is 80.7 Å². The Hall–Kier alpha value is -0.0300. The topological polar surface area (TPSA) is 52.6 Å². The molecule has 0 radical (unpaired) electrons. The van der Waals surface area contributed by atoms with Gasteiger partial charge in [0.05, 0.1) is 10.8 Å². The van der Waals surface area contributed by atoms with Gasteiger partial charge in [0.2, 0.25) is 5.91 Å². The number of hydrogen-bond donors (Lipinski definition) is 2. The van der Waals surface area contributed by atoms with Gasteiger partial charge in [-0.2, -0.15) is 0 Å². The largest absolute Gasteiger partial charge is 0.387 e. The van der Waals surface area contributed by atoms with Crippen LogP contribution in [0.5, 0.6) is 0 Å². The smallest absolute Gasteiger partial charge is 0.248 e. The summed E-state index contributed by atoms with van der Waals surface area (Å²) in [5, 5.41) is 13.2. The number of fused-ring (bicyclic) bond motifs is 3. The van der Waals surface area contributed by atoms with E-state index in [0.29, 0.717) is 23.8 Å². The number of piperidine rings is 1. The minimum absolute atomic E-state index is 0.0301. The summed E-state index contributed by atoms with van der Waals surface area (Å²) in [7, 11) is 0. The number of aliphatic hydroxyl groups is 1. The van der Waals surface area contributed by atoms with E-state index in [1.165, 1.54) is 32.1 Å². The number of alkyl halides is 2. The number of halogens is 2. The van der Waals surface area contributed by atoms with Crippen molar-refractivity contribution in [2.24, 2.45) is 23.7 Å². The predicted octanol–water partition coefficient (Wildman–Crippen LogP) is 2.99. The Morgan fingerprint density at radius 2 is 1.92 bits per heavy atom. The van der Waals surface area contributed by atoms with Gasteiger partial charge in [0.25, 0.3) is 0 Å². The van der Waals surface area contributed by atoms with Crippen molar-refractivity contribution in [3.05, 3.63) is 0 Å². The summed E-state index contributed by atoms with van der Waals surface area (Å²) in [4.78, 5) is 14.1. The molecule has 0 aromatic rings. The average Bonchev–Trinajstić information content (AvgIpc) is 3.27. The van der Waals surface area contributed by atoms with Gasteiger partial charge in [0.1, 0.15) is 6.61 Å². The predicted molar refractivity (Wildman–Crippen MR) is 105 cm³/mol. The Kier molecular flexibility index (Phi) is 5.77. The van der Waals surface area contributed by atoms with Gasteiger partial charge in [-0.3, -0.25) is 4.79 Å². The van der Waals surface area contributed by atoms with Gasteiger partial charge in [0, 0.05) is 24.7 Å². The fraction of sp³-hybridized carbons (Fsp3) is 0.950. The third-order valence-electron chi connectivity index (χ3n) is 7.79. The van der Waals surface area contributed by atoms with Gasteiger partial charge < -0.3 is 15.3 Å². The van der Waals surface area contributed by atoms with E-state index < -0.39 is 6.61 Å². The summed E-state index contributed by atoms with van der Waals surface area (Å²) in [5.74, 6) is 2.20. The lowest BCUT2D eigenvalue weighted by Gasteiger charge is -2.47. The first kappa shape index (κ1) is 19.3. The van der Waals surface area contributed by atoms with E-state index in [0.717, 1.165) is 25.3 Å². The molecule has 2 heterocycles. The summed E-state index contributed by atoms with van der Waals surface area (Å²) in [5.41, 5.74) is 0. The molecule has 2 aliphatic heterocycles. The molecule has 4 aliphatic rings. The summed E-state index contributed by atoms with van der Waals surface area (Å²) in [6.45, 7) is 2.49. The molecule has 2 aliphatic carbocycles. The molecule has 7 unspecified atom stereocenters. The van der Waals surface area contributed by atoms with E-state index in [-0.39, 0.29) is 28.7 Å². The number of likely N-dealkylation sites (tertiary alicyclic amines) is 1. The Morgan fingerprint density at radius 1 is 1.19 bits per heavy atom. The van der Waals surface area contributed by atoms with E-state index in [2.05, 4.69) is 12.2 Å². The van der Waals surface area contributed by atoms with Crippen LogP contribution < -0.4 is 5.32 Å². The summed E-state index contributed by atoms with van der Waals surface area (Å²) in [6, 6.07) is 0.815. The number of amides is 1. The quantitative estimate of drug-likeness (QED) is 0.713. The van der Waals surface area contributed by atoms with E-state index in [1.54, 1.807) is 0 Å². The maximum atomic E-state index is 12.2. The molecule has 0 bridgehead atoms. The molecule has 4 rings (SSSR count). The average molecular weight is 403 g/mol. The van der Waals surface area contributed by atoms with Gasteiger partial charge in [-0.1, -0.05) is 25.7 Å². The summed E-state index contributed by atoms with van der Waals surface area (Å²) >= 11 is 13.5. The number of carbonyl (C=O) groups excluding carboxylic acids is 1. The van der Waals surface area contributed by atoms with Gasteiger partial charge in [0.15, 0.2) is 0 Å². The molecule has 1 amide bonds. The number of nitrogens with one attached hydrogen (secondary N) is 1. The molecular formula is C20H32Cl2N2O2. The number of rotatable bonds is 3. The highest BCUT2D eigenvalue weighted by molar-refractivity contribution is 6.30. The summed E-state index contributed by atoms with van der Waals surface area (Å²) < 4.78 is 0. The molecular weight excluding hydrogens is 371 g/mol. The van der Waals surface area contributed by atoms with Gasteiger partial charge in [-0.25, -0.2) is 0 Å². The van der Waals surface area contributed by atoms with Crippen LogP contribution in [0.2, 0.25) is 0 Å². The van der Waals surface area contributed by atoms with Crippen molar-refractivity contribution in [1.29, 1.82) is 0 Å². The Balaban J connectivity index is 1.58. The van der Waals surface area contributed by atoms with Crippen LogP contribution in [-0.2, 0) is 4.79 Å². The fourth-order valence-electron chi connectivity index (χ4n) is 6.68. The third-order valence-corrected chi connectivity index (χ3v) is 8.94. The maximum Gasteiger partial charge on any atom is 0.248 e. The second kappa shape index (κ2) is 7.77. The zero-order valence-electron chi connectivity index (χ0n) is 15.6. The standard InChI is InChI=1S/C20H32Cl2N2O2/c1-11-17-15(6-7-24(11)16(26)10-25)23-20-18(17)13(9-14(21)19(20)22)8-12-4-2-3-5-12/h11-15,17-20,23,25H,2-10H2,1H3/t11-,13?,14?,15?,17?,18?,19?,20?/m0/s1. The lowest BCUT2D eigenvalue weighted by Crippen LogP contribution is -2.55. The van der Waals surface area contributed by atoms with Crippen molar-refractivity contribution < 1.29 is 9.90 Å². The zero-order valence-corrected chi connectivity index (χ0v) is 17.1. The van der Waals surface area contributed by atoms with Crippen LogP contribution in [0.3, 0.4) is 0 Å². The maximum absolute atomic E-state index is 12.2. The number of carbonyl (C=O) groups is 1. The van der Waals surface area contributed by atoms with Gasteiger partial charge in [-0.15, -0.1) is 23.2 Å². The number of hydrogen-bond acceptors (Lipinski definition) is 3. The molecule has 26 heavy (non-hydrogen) atoms. The van der Waals surface area contributed by atoms with Crippen LogP contribution in [0, 0.1) is 23.7 Å². The molecule has 6 heteroatoms. The van der Waals surface area contributed by atoms with Crippen molar-refractivity contribution in [2.75, 3.05) is 13.2 Å². The molecule has 4 fully saturated rings. The summed E-state index contributed by atoms with van der Waals surface area (Å²) in [6.07, 6.45) is 8.66. The first-order valence-corrected chi connectivity index (χ1v) is 11.3. The van der Waals surface area contributed by atoms with Crippen molar-refractivity contribution >= 4 is 29.1 Å². The van der Waals surface area contributed by atoms with Crippen LogP contribution in [0.25, 0.3) is 0 Å². The van der Waals surface area contributed by atoms with E-state index >= 15 is 0 Å². The molecule has 2 saturated carbocycles. The van der Waals surface area contributed by atoms with Gasteiger partial charge in [-0.05, 0) is 49.9 Å². The van der Waals surface area contributed by atoms with Crippen molar-refractivity contribution in [3.63, 3.8) is 0 Å².